The van der Waals surface area contributed by atoms with Gasteiger partial charge in [0, 0.05) is 11.1 Å². The average Bonchev–Trinajstić information content (AvgIpc) is 2.47. The van der Waals surface area contributed by atoms with Crippen molar-refractivity contribution in [1.82, 2.24) is 9.38 Å². The van der Waals surface area contributed by atoms with Crippen LogP contribution in [0.25, 0.3) is 5.65 Å². The van der Waals surface area contributed by atoms with Crippen molar-refractivity contribution in [3.8, 4) is 6.07 Å². The molecule has 2 aromatic heterocycles. The molecule has 0 N–H and O–H groups in total. The summed E-state index contributed by atoms with van der Waals surface area (Å²) in [5, 5.41) is 9.61. The fourth-order valence-electron chi connectivity index (χ4n) is 1.11. The lowest BCUT2D eigenvalue weighted by Gasteiger charge is -1.98. The van der Waals surface area contributed by atoms with Gasteiger partial charge in [-0.25, -0.2) is 4.98 Å². The highest BCUT2D eigenvalue weighted by molar-refractivity contribution is 6.34. The van der Waals surface area contributed by atoms with E-state index < -0.39 is 0 Å². The van der Waals surface area contributed by atoms with Gasteiger partial charge in [0.25, 0.3) is 0 Å². The third-order valence-electron chi connectivity index (χ3n) is 1.64. The topological polar surface area (TPSA) is 41.1 Å². The van der Waals surface area contributed by atoms with Gasteiger partial charge in [-0.05, 0) is 6.07 Å². The Morgan fingerprint density at radius 3 is 2.85 bits per heavy atom. The summed E-state index contributed by atoms with van der Waals surface area (Å²) < 4.78 is 1.54. The molecule has 0 saturated carbocycles. The van der Waals surface area contributed by atoms with Crippen molar-refractivity contribution in [2.45, 2.75) is 0 Å². The van der Waals surface area contributed by atoms with Gasteiger partial charge in [0.2, 0.25) is 0 Å². The Labute approximate surface area is 84.1 Å². The molecule has 13 heavy (non-hydrogen) atoms. The average molecular weight is 212 g/mol. The summed E-state index contributed by atoms with van der Waals surface area (Å²) in [6.07, 6.45) is 1.46. The van der Waals surface area contributed by atoms with Gasteiger partial charge in [0.1, 0.15) is 22.6 Å². The zero-order chi connectivity index (χ0) is 9.42. The summed E-state index contributed by atoms with van der Waals surface area (Å²) in [4.78, 5) is 3.98. The van der Waals surface area contributed by atoms with Crippen LogP contribution in [0.3, 0.4) is 0 Å². The first kappa shape index (κ1) is 8.36. The van der Waals surface area contributed by atoms with Gasteiger partial charge in [0.05, 0.1) is 6.20 Å². The highest BCUT2D eigenvalue weighted by Crippen LogP contribution is 2.20. The predicted molar refractivity (Wildman–Crippen MR) is 49.9 cm³/mol. The summed E-state index contributed by atoms with van der Waals surface area (Å²) in [5.41, 5.74) is 0.978. The van der Waals surface area contributed by atoms with E-state index in [9.17, 15) is 0 Å². The number of hydrogen-bond donors (Lipinski definition) is 0. The summed E-state index contributed by atoms with van der Waals surface area (Å²) in [5.74, 6) is 0. The van der Waals surface area contributed by atoms with Crippen LogP contribution in [0.5, 0.6) is 0 Å². The molecule has 3 nitrogen and oxygen atoms in total. The maximum Gasteiger partial charge on any atom is 0.145 e. The van der Waals surface area contributed by atoms with Crippen molar-refractivity contribution < 1.29 is 0 Å². The number of nitrogens with zero attached hydrogens (tertiary/aromatic N) is 3. The van der Waals surface area contributed by atoms with Crippen LogP contribution in [-0.4, -0.2) is 9.38 Å². The predicted octanol–water partition coefficient (Wildman–Crippen LogP) is 2.51. The molecule has 5 heteroatoms. The van der Waals surface area contributed by atoms with E-state index in [0.29, 0.717) is 21.5 Å². The van der Waals surface area contributed by atoms with Crippen molar-refractivity contribution in [3.05, 3.63) is 34.2 Å². The maximum absolute atomic E-state index is 8.72. The molecule has 2 rings (SSSR count). The molecule has 2 heterocycles. The largest absolute Gasteiger partial charge is 0.274 e. The van der Waals surface area contributed by atoms with E-state index in [0.717, 1.165) is 0 Å². The van der Waals surface area contributed by atoms with Crippen LogP contribution in [0.15, 0.2) is 18.3 Å². The van der Waals surface area contributed by atoms with Crippen molar-refractivity contribution >= 4 is 28.8 Å². The van der Waals surface area contributed by atoms with Crippen LogP contribution in [0, 0.1) is 11.3 Å². The third kappa shape index (κ3) is 1.24. The Morgan fingerprint density at radius 1 is 1.38 bits per heavy atom. The van der Waals surface area contributed by atoms with Gasteiger partial charge in [-0.1, -0.05) is 23.2 Å². The SMILES string of the molecule is N#Cc1cnc2cc(Cl)cc(Cl)n12. The summed E-state index contributed by atoms with van der Waals surface area (Å²) in [7, 11) is 0. The van der Waals surface area contributed by atoms with Gasteiger partial charge < -0.3 is 0 Å². The highest BCUT2D eigenvalue weighted by atomic mass is 35.5. The van der Waals surface area contributed by atoms with E-state index >= 15 is 0 Å². The zero-order valence-electron chi connectivity index (χ0n) is 6.33. The normalized spacial score (nSPS) is 10.2. The van der Waals surface area contributed by atoms with Gasteiger partial charge in [-0.3, -0.25) is 4.40 Å². The molecular weight excluding hydrogens is 209 g/mol. The Kier molecular flexibility index (Phi) is 1.87. The van der Waals surface area contributed by atoms with Crippen molar-refractivity contribution in [1.29, 1.82) is 5.26 Å². The number of imidazole rings is 1. The van der Waals surface area contributed by atoms with E-state index in [1.54, 1.807) is 12.1 Å². The third-order valence-corrected chi connectivity index (χ3v) is 2.14. The number of pyridine rings is 1. The first-order valence-electron chi connectivity index (χ1n) is 3.45. The van der Waals surface area contributed by atoms with Gasteiger partial charge in [-0.2, -0.15) is 5.26 Å². The van der Waals surface area contributed by atoms with Crippen LogP contribution in [-0.2, 0) is 0 Å². The van der Waals surface area contributed by atoms with Crippen LogP contribution in [0.1, 0.15) is 5.69 Å². The number of rotatable bonds is 0. The van der Waals surface area contributed by atoms with E-state index in [1.165, 1.54) is 10.6 Å². The Balaban J connectivity index is 2.92. The lowest BCUT2D eigenvalue weighted by Crippen LogP contribution is -1.89. The molecule has 0 amide bonds. The molecule has 0 aliphatic carbocycles. The molecule has 0 saturated heterocycles. The fourth-order valence-corrected chi connectivity index (χ4v) is 1.67. The lowest BCUT2D eigenvalue weighted by atomic mass is 10.4. The second-order valence-corrected chi connectivity index (χ2v) is 3.27. The van der Waals surface area contributed by atoms with E-state index in [2.05, 4.69) is 4.98 Å². The van der Waals surface area contributed by atoms with E-state index in [-0.39, 0.29) is 0 Å². The second-order valence-electron chi connectivity index (χ2n) is 2.45. The monoisotopic (exact) mass is 211 g/mol. The molecule has 0 radical (unpaired) electrons. The Morgan fingerprint density at radius 2 is 2.15 bits per heavy atom. The number of fused-ring (bicyclic) bond motifs is 1. The molecule has 0 aliphatic rings. The zero-order valence-corrected chi connectivity index (χ0v) is 7.84. The molecule has 0 fully saturated rings. The quantitative estimate of drug-likeness (QED) is 0.629. The standard InChI is InChI=1S/C8H3Cl2N3/c9-5-1-7(10)13-6(3-11)4-12-8(13)2-5/h1-2,4H. The highest BCUT2D eigenvalue weighted by Gasteiger charge is 2.06. The van der Waals surface area contributed by atoms with Crippen molar-refractivity contribution in [2.24, 2.45) is 0 Å². The van der Waals surface area contributed by atoms with Crippen LogP contribution in [0.2, 0.25) is 10.2 Å². The Bertz CT molecular complexity index is 510. The van der Waals surface area contributed by atoms with Crippen molar-refractivity contribution in [3.63, 3.8) is 0 Å². The summed E-state index contributed by atoms with van der Waals surface area (Å²) in [6, 6.07) is 5.20. The number of nitriles is 1. The number of aromatic nitrogens is 2. The van der Waals surface area contributed by atoms with Gasteiger partial charge in [-0.15, -0.1) is 0 Å². The second kappa shape index (κ2) is 2.91. The Hall–Kier alpha value is -1.24. The van der Waals surface area contributed by atoms with Crippen molar-refractivity contribution in [2.75, 3.05) is 0 Å². The lowest BCUT2D eigenvalue weighted by molar-refractivity contribution is 1.15. The van der Waals surface area contributed by atoms with Crippen LogP contribution in [0.4, 0.5) is 0 Å². The van der Waals surface area contributed by atoms with E-state index in [4.69, 9.17) is 28.5 Å². The first-order valence-corrected chi connectivity index (χ1v) is 4.20. The minimum Gasteiger partial charge on any atom is -0.274 e. The molecule has 64 valence electrons. The first-order chi connectivity index (χ1) is 6.22. The fraction of sp³-hybridized carbons (Fsp3) is 0. The molecule has 0 aromatic carbocycles. The van der Waals surface area contributed by atoms with Gasteiger partial charge >= 0.3 is 0 Å². The number of halogens is 2. The molecule has 0 atom stereocenters. The summed E-state index contributed by atoms with van der Waals surface area (Å²) in [6.45, 7) is 0. The van der Waals surface area contributed by atoms with Gasteiger partial charge in [0.15, 0.2) is 0 Å². The smallest absolute Gasteiger partial charge is 0.145 e. The molecule has 0 aliphatic heterocycles. The molecule has 0 bridgehead atoms. The minimum absolute atomic E-state index is 0.386. The summed E-state index contributed by atoms with van der Waals surface area (Å²) >= 11 is 11.6. The number of hydrogen-bond acceptors (Lipinski definition) is 2. The molecule has 0 spiro atoms. The minimum atomic E-state index is 0.386. The maximum atomic E-state index is 8.72. The van der Waals surface area contributed by atoms with E-state index in [1.807, 2.05) is 6.07 Å². The van der Waals surface area contributed by atoms with Crippen LogP contribution < -0.4 is 0 Å². The molecule has 2 aromatic rings. The van der Waals surface area contributed by atoms with Crippen LogP contribution >= 0.6 is 23.2 Å². The molecule has 0 unspecified atom stereocenters. The molecular formula is C8H3Cl2N3.